The van der Waals surface area contributed by atoms with Gasteiger partial charge in [-0.05, 0) is 19.7 Å². The molecule has 0 aliphatic carbocycles. The number of hydrogen-bond donors (Lipinski definition) is 1. The molecule has 1 N–H and O–H groups in total. The number of methoxy groups -OCH3 is 1. The normalized spacial score (nSPS) is 11.2. The van der Waals surface area contributed by atoms with Crippen molar-refractivity contribution in [2.45, 2.75) is 20.0 Å². The molecule has 0 unspecified atom stereocenters. The highest BCUT2D eigenvalue weighted by Gasteiger charge is 2.08. The average Bonchev–Trinajstić information content (AvgIpc) is 2.71. The summed E-state index contributed by atoms with van der Waals surface area (Å²) in [6, 6.07) is 2.04. The van der Waals surface area contributed by atoms with Gasteiger partial charge in [0, 0.05) is 25.8 Å². The molecule has 0 saturated carbocycles. The van der Waals surface area contributed by atoms with Gasteiger partial charge in [-0.25, -0.2) is 0 Å². The Kier molecular flexibility index (Phi) is 6.15. The quantitative estimate of drug-likeness (QED) is 0.728. The standard InChI is InChI=1S/C12H22N2O2/c1-4-13-9-12-11(5-7-16-12)10-14(2)6-8-15-3/h5,7,13H,4,6,8-10H2,1-3H3. The van der Waals surface area contributed by atoms with Gasteiger partial charge in [0.05, 0.1) is 19.4 Å². The van der Waals surface area contributed by atoms with E-state index >= 15 is 0 Å². The predicted octanol–water partition coefficient (Wildman–Crippen LogP) is 1.47. The summed E-state index contributed by atoms with van der Waals surface area (Å²) in [6.45, 7) is 6.45. The van der Waals surface area contributed by atoms with Gasteiger partial charge in [-0.3, -0.25) is 4.90 Å². The van der Waals surface area contributed by atoms with Crippen LogP contribution in [-0.2, 0) is 17.8 Å². The lowest BCUT2D eigenvalue weighted by Crippen LogP contribution is -2.23. The van der Waals surface area contributed by atoms with E-state index in [1.165, 1.54) is 5.56 Å². The minimum atomic E-state index is 0.761. The van der Waals surface area contributed by atoms with Crippen LogP contribution in [0.2, 0.25) is 0 Å². The van der Waals surface area contributed by atoms with Crippen LogP contribution in [0.1, 0.15) is 18.2 Å². The molecule has 0 radical (unpaired) electrons. The highest BCUT2D eigenvalue weighted by Crippen LogP contribution is 2.12. The maximum absolute atomic E-state index is 5.45. The summed E-state index contributed by atoms with van der Waals surface area (Å²) in [4.78, 5) is 2.23. The first-order chi connectivity index (χ1) is 7.77. The highest BCUT2D eigenvalue weighted by atomic mass is 16.5. The third kappa shape index (κ3) is 4.35. The van der Waals surface area contributed by atoms with Crippen molar-refractivity contribution < 1.29 is 9.15 Å². The molecular weight excluding hydrogens is 204 g/mol. The molecule has 4 nitrogen and oxygen atoms in total. The van der Waals surface area contributed by atoms with Crippen LogP contribution in [0.15, 0.2) is 16.7 Å². The first kappa shape index (κ1) is 13.2. The van der Waals surface area contributed by atoms with E-state index in [-0.39, 0.29) is 0 Å². The Bertz CT molecular complexity index is 286. The molecule has 0 bridgehead atoms. The Morgan fingerprint density at radius 2 is 2.31 bits per heavy atom. The van der Waals surface area contributed by atoms with Gasteiger partial charge >= 0.3 is 0 Å². The van der Waals surface area contributed by atoms with Crippen LogP contribution in [0.25, 0.3) is 0 Å². The molecule has 0 aliphatic heterocycles. The van der Waals surface area contributed by atoms with Crippen LogP contribution in [0.5, 0.6) is 0 Å². The second-order valence-electron chi connectivity index (χ2n) is 3.88. The minimum absolute atomic E-state index is 0.761. The largest absolute Gasteiger partial charge is 0.468 e. The molecule has 1 heterocycles. The summed E-state index contributed by atoms with van der Waals surface area (Å²) in [5, 5.41) is 3.27. The molecule has 4 heteroatoms. The molecule has 0 aromatic carbocycles. The first-order valence-electron chi connectivity index (χ1n) is 5.71. The maximum Gasteiger partial charge on any atom is 0.122 e. The fraction of sp³-hybridized carbons (Fsp3) is 0.667. The highest BCUT2D eigenvalue weighted by molar-refractivity contribution is 5.16. The molecule has 16 heavy (non-hydrogen) atoms. The number of nitrogens with zero attached hydrogens (tertiary/aromatic N) is 1. The molecule has 92 valence electrons. The van der Waals surface area contributed by atoms with E-state index in [0.29, 0.717) is 0 Å². The Morgan fingerprint density at radius 1 is 1.50 bits per heavy atom. The van der Waals surface area contributed by atoms with E-state index in [4.69, 9.17) is 9.15 Å². The summed E-state index contributed by atoms with van der Waals surface area (Å²) >= 11 is 0. The van der Waals surface area contributed by atoms with Crippen LogP contribution in [0.3, 0.4) is 0 Å². The Morgan fingerprint density at radius 3 is 3.00 bits per heavy atom. The van der Waals surface area contributed by atoms with Crippen LogP contribution in [0.4, 0.5) is 0 Å². The average molecular weight is 226 g/mol. The molecule has 0 fully saturated rings. The van der Waals surface area contributed by atoms with Crippen molar-refractivity contribution in [3.8, 4) is 0 Å². The van der Waals surface area contributed by atoms with Gasteiger partial charge in [-0.15, -0.1) is 0 Å². The number of nitrogens with one attached hydrogen (secondary N) is 1. The van der Waals surface area contributed by atoms with E-state index in [1.54, 1.807) is 13.4 Å². The van der Waals surface area contributed by atoms with Crippen molar-refractivity contribution in [2.75, 3.05) is 33.9 Å². The van der Waals surface area contributed by atoms with Crippen LogP contribution >= 0.6 is 0 Å². The van der Waals surface area contributed by atoms with Gasteiger partial charge in [0.15, 0.2) is 0 Å². The lowest BCUT2D eigenvalue weighted by Gasteiger charge is -2.15. The van der Waals surface area contributed by atoms with Gasteiger partial charge < -0.3 is 14.5 Å². The predicted molar refractivity (Wildman–Crippen MR) is 64.3 cm³/mol. The van der Waals surface area contributed by atoms with E-state index in [1.807, 2.05) is 6.07 Å². The van der Waals surface area contributed by atoms with E-state index < -0.39 is 0 Å². The molecule has 0 spiro atoms. The van der Waals surface area contributed by atoms with E-state index in [2.05, 4.69) is 24.2 Å². The number of rotatable bonds is 8. The molecular formula is C12H22N2O2. The Balaban J connectivity index is 2.42. The summed E-state index contributed by atoms with van der Waals surface area (Å²) in [6.07, 6.45) is 1.76. The van der Waals surface area contributed by atoms with Gasteiger partial charge in [0.2, 0.25) is 0 Å². The smallest absolute Gasteiger partial charge is 0.122 e. The fourth-order valence-corrected chi connectivity index (χ4v) is 1.52. The summed E-state index contributed by atoms with van der Waals surface area (Å²) in [5.74, 6) is 1.03. The number of ether oxygens (including phenoxy) is 1. The fourth-order valence-electron chi connectivity index (χ4n) is 1.52. The van der Waals surface area contributed by atoms with Crippen LogP contribution in [-0.4, -0.2) is 38.8 Å². The maximum atomic E-state index is 5.45. The summed E-state index contributed by atoms with van der Waals surface area (Å²) in [5.41, 5.74) is 1.25. The van der Waals surface area contributed by atoms with Crippen molar-refractivity contribution in [3.05, 3.63) is 23.7 Å². The summed E-state index contributed by atoms with van der Waals surface area (Å²) in [7, 11) is 3.81. The topological polar surface area (TPSA) is 37.6 Å². The Labute approximate surface area is 97.6 Å². The Hall–Kier alpha value is -0.840. The second kappa shape index (κ2) is 7.44. The van der Waals surface area contributed by atoms with Crippen molar-refractivity contribution in [3.63, 3.8) is 0 Å². The second-order valence-corrected chi connectivity index (χ2v) is 3.88. The zero-order valence-electron chi connectivity index (χ0n) is 10.5. The summed E-state index contributed by atoms with van der Waals surface area (Å²) < 4.78 is 10.5. The van der Waals surface area contributed by atoms with Crippen molar-refractivity contribution in [1.29, 1.82) is 0 Å². The third-order valence-electron chi connectivity index (χ3n) is 2.49. The zero-order chi connectivity index (χ0) is 11.8. The van der Waals surface area contributed by atoms with Crippen LogP contribution in [0, 0.1) is 0 Å². The molecule has 0 amide bonds. The third-order valence-corrected chi connectivity index (χ3v) is 2.49. The number of furan rings is 1. The van der Waals surface area contributed by atoms with Gasteiger partial charge in [-0.1, -0.05) is 6.92 Å². The van der Waals surface area contributed by atoms with Crippen LogP contribution < -0.4 is 5.32 Å². The first-order valence-corrected chi connectivity index (χ1v) is 5.71. The number of hydrogen-bond acceptors (Lipinski definition) is 4. The molecule has 0 saturated heterocycles. The lowest BCUT2D eigenvalue weighted by atomic mass is 10.2. The van der Waals surface area contributed by atoms with Gasteiger partial charge in [0.1, 0.15) is 5.76 Å². The molecule has 1 aromatic rings. The minimum Gasteiger partial charge on any atom is -0.468 e. The lowest BCUT2D eigenvalue weighted by molar-refractivity contribution is 0.158. The zero-order valence-corrected chi connectivity index (χ0v) is 10.5. The molecule has 0 atom stereocenters. The molecule has 0 aliphatic rings. The number of likely N-dealkylation sites (N-methyl/N-ethyl adjacent to an activating group) is 1. The van der Waals surface area contributed by atoms with E-state index in [9.17, 15) is 0 Å². The van der Waals surface area contributed by atoms with Crippen molar-refractivity contribution >= 4 is 0 Å². The molecule has 1 rings (SSSR count). The van der Waals surface area contributed by atoms with Crippen molar-refractivity contribution in [1.82, 2.24) is 10.2 Å². The van der Waals surface area contributed by atoms with Gasteiger partial charge in [0.25, 0.3) is 0 Å². The van der Waals surface area contributed by atoms with Crippen molar-refractivity contribution in [2.24, 2.45) is 0 Å². The SMILES string of the molecule is CCNCc1occc1CN(C)CCOC. The monoisotopic (exact) mass is 226 g/mol. The van der Waals surface area contributed by atoms with Gasteiger partial charge in [-0.2, -0.15) is 0 Å². The molecule has 1 aromatic heterocycles. The van der Waals surface area contributed by atoms with E-state index in [0.717, 1.165) is 38.5 Å².